The standard InChI is InChI=1S/C14H17NO5S/c1-9-2-3-10(13(16)17)6-12(9)21(19,20)15-7-14(18,8-15)11-4-5-11/h2-3,6,11,18H,4-5,7-8H2,1H3,(H,16,17). The van der Waals surface area contributed by atoms with E-state index in [-0.39, 0.29) is 29.5 Å². The number of hydrogen-bond donors (Lipinski definition) is 2. The van der Waals surface area contributed by atoms with Crippen molar-refractivity contribution in [1.82, 2.24) is 4.31 Å². The molecule has 1 saturated carbocycles. The molecule has 1 saturated heterocycles. The summed E-state index contributed by atoms with van der Waals surface area (Å²) in [7, 11) is -3.76. The van der Waals surface area contributed by atoms with Crippen molar-refractivity contribution in [3.05, 3.63) is 29.3 Å². The number of aliphatic hydroxyl groups is 1. The van der Waals surface area contributed by atoms with Gasteiger partial charge in [0.05, 0.1) is 16.1 Å². The van der Waals surface area contributed by atoms with Gasteiger partial charge < -0.3 is 10.2 Å². The number of aryl methyl sites for hydroxylation is 1. The average Bonchev–Trinajstić information content (AvgIpc) is 3.19. The second kappa shape index (κ2) is 4.53. The van der Waals surface area contributed by atoms with Gasteiger partial charge in [-0.05, 0) is 43.4 Å². The monoisotopic (exact) mass is 311 g/mol. The van der Waals surface area contributed by atoms with Crippen LogP contribution in [0.2, 0.25) is 0 Å². The Morgan fingerprint density at radius 3 is 2.48 bits per heavy atom. The number of benzene rings is 1. The zero-order valence-electron chi connectivity index (χ0n) is 11.6. The minimum Gasteiger partial charge on any atom is -0.478 e. The normalized spacial score (nSPS) is 21.8. The fraction of sp³-hybridized carbons (Fsp3) is 0.500. The van der Waals surface area contributed by atoms with Crippen molar-refractivity contribution >= 4 is 16.0 Å². The molecule has 0 aromatic heterocycles. The van der Waals surface area contributed by atoms with Crippen molar-refractivity contribution in [3.63, 3.8) is 0 Å². The zero-order valence-corrected chi connectivity index (χ0v) is 12.4. The molecule has 1 aromatic carbocycles. The summed E-state index contributed by atoms with van der Waals surface area (Å²) in [6, 6.07) is 4.05. The van der Waals surface area contributed by atoms with Crippen molar-refractivity contribution < 1.29 is 23.4 Å². The summed E-state index contributed by atoms with van der Waals surface area (Å²) in [5.74, 6) is -0.958. The summed E-state index contributed by atoms with van der Waals surface area (Å²) in [5, 5.41) is 19.2. The smallest absolute Gasteiger partial charge is 0.335 e. The first-order valence-corrected chi connectivity index (χ1v) is 8.24. The van der Waals surface area contributed by atoms with Gasteiger partial charge in [-0.1, -0.05) is 6.07 Å². The van der Waals surface area contributed by atoms with Gasteiger partial charge >= 0.3 is 5.97 Å². The van der Waals surface area contributed by atoms with Crippen LogP contribution in [-0.2, 0) is 10.0 Å². The topological polar surface area (TPSA) is 94.9 Å². The number of carboxylic acids is 1. The lowest BCUT2D eigenvalue weighted by Crippen LogP contribution is -2.64. The molecule has 0 radical (unpaired) electrons. The van der Waals surface area contributed by atoms with Crippen LogP contribution in [0, 0.1) is 12.8 Å². The van der Waals surface area contributed by atoms with Crippen LogP contribution in [0.5, 0.6) is 0 Å². The van der Waals surface area contributed by atoms with E-state index in [0.717, 1.165) is 12.8 Å². The highest BCUT2D eigenvalue weighted by molar-refractivity contribution is 7.89. The fourth-order valence-electron chi connectivity index (χ4n) is 2.76. The minimum atomic E-state index is -3.76. The van der Waals surface area contributed by atoms with Gasteiger partial charge in [0.2, 0.25) is 10.0 Å². The van der Waals surface area contributed by atoms with Crippen molar-refractivity contribution in [1.29, 1.82) is 0 Å². The Morgan fingerprint density at radius 1 is 1.33 bits per heavy atom. The zero-order chi connectivity index (χ0) is 15.4. The van der Waals surface area contributed by atoms with Crippen molar-refractivity contribution in [3.8, 4) is 0 Å². The third-order valence-electron chi connectivity index (χ3n) is 4.29. The molecule has 21 heavy (non-hydrogen) atoms. The summed E-state index contributed by atoms with van der Waals surface area (Å²) in [6.45, 7) is 1.82. The van der Waals surface area contributed by atoms with Crippen LogP contribution < -0.4 is 0 Å². The lowest BCUT2D eigenvalue weighted by Gasteiger charge is -2.45. The minimum absolute atomic E-state index is 0.000229. The molecular formula is C14H17NO5S. The van der Waals surface area contributed by atoms with E-state index < -0.39 is 21.6 Å². The molecule has 2 N–H and O–H groups in total. The van der Waals surface area contributed by atoms with Crippen molar-refractivity contribution in [2.45, 2.75) is 30.3 Å². The SMILES string of the molecule is Cc1ccc(C(=O)O)cc1S(=O)(=O)N1CC(O)(C2CC2)C1. The number of hydrogen-bond acceptors (Lipinski definition) is 4. The third-order valence-corrected chi connectivity index (χ3v) is 6.22. The molecule has 3 rings (SSSR count). The quantitative estimate of drug-likeness (QED) is 0.859. The van der Waals surface area contributed by atoms with Gasteiger partial charge in [-0.15, -0.1) is 0 Å². The Balaban J connectivity index is 1.89. The number of rotatable bonds is 4. The molecule has 0 unspecified atom stereocenters. The Bertz CT molecular complexity index is 702. The molecule has 1 aromatic rings. The Hall–Kier alpha value is -1.44. The first-order chi connectivity index (χ1) is 9.74. The first-order valence-electron chi connectivity index (χ1n) is 6.80. The summed E-state index contributed by atoms with van der Waals surface area (Å²) >= 11 is 0. The maximum atomic E-state index is 12.6. The van der Waals surface area contributed by atoms with Gasteiger partial charge in [-0.2, -0.15) is 4.31 Å². The van der Waals surface area contributed by atoms with Crippen LogP contribution in [0.4, 0.5) is 0 Å². The Kier molecular flexibility index (Phi) is 3.12. The molecule has 1 heterocycles. The largest absolute Gasteiger partial charge is 0.478 e. The third kappa shape index (κ3) is 2.35. The lowest BCUT2D eigenvalue weighted by molar-refractivity contribution is -0.0765. The summed E-state index contributed by atoms with van der Waals surface area (Å²) in [5.41, 5.74) is -0.454. The van der Waals surface area contributed by atoms with Gasteiger partial charge in [-0.3, -0.25) is 0 Å². The highest BCUT2D eigenvalue weighted by Gasteiger charge is 2.55. The summed E-state index contributed by atoms with van der Waals surface area (Å²) in [4.78, 5) is 11.0. The molecule has 114 valence electrons. The van der Waals surface area contributed by atoms with Crippen LogP contribution >= 0.6 is 0 Å². The van der Waals surface area contributed by atoms with Crippen molar-refractivity contribution in [2.24, 2.45) is 5.92 Å². The highest BCUT2D eigenvalue weighted by Crippen LogP contribution is 2.46. The first kappa shape index (κ1) is 14.5. The molecule has 7 heteroatoms. The van der Waals surface area contributed by atoms with E-state index in [1.54, 1.807) is 6.92 Å². The maximum Gasteiger partial charge on any atom is 0.335 e. The number of carbonyl (C=O) groups is 1. The lowest BCUT2D eigenvalue weighted by atomic mass is 9.91. The molecule has 6 nitrogen and oxygen atoms in total. The number of sulfonamides is 1. The van der Waals surface area contributed by atoms with Gasteiger partial charge in [0.25, 0.3) is 0 Å². The van der Waals surface area contributed by atoms with Gasteiger partial charge in [-0.25, -0.2) is 13.2 Å². The van der Waals surface area contributed by atoms with Crippen LogP contribution in [0.25, 0.3) is 0 Å². The van der Waals surface area contributed by atoms with E-state index >= 15 is 0 Å². The molecular weight excluding hydrogens is 294 g/mol. The van der Waals surface area contributed by atoms with Crippen LogP contribution in [0.15, 0.2) is 23.1 Å². The van der Waals surface area contributed by atoms with E-state index in [1.165, 1.54) is 22.5 Å². The molecule has 0 spiro atoms. The van der Waals surface area contributed by atoms with E-state index in [2.05, 4.69) is 0 Å². The van der Waals surface area contributed by atoms with E-state index in [4.69, 9.17) is 5.11 Å². The summed E-state index contributed by atoms with van der Waals surface area (Å²) < 4.78 is 26.3. The molecule has 0 amide bonds. The molecule has 1 aliphatic heterocycles. The van der Waals surface area contributed by atoms with Gasteiger partial charge in [0, 0.05) is 13.1 Å². The fourth-order valence-corrected chi connectivity index (χ4v) is 4.58. The van der Waals surface area contributed by atoms with Crippen LogP contribution in [0.1, 0.15) is 28.8 Å². The Labute approximate surface area is 123 Å². The maximum absolute atomic E-state index is 12.6. The van der Waals surface area contributed by atoms with E-state index in [1.807, 2.05) is 0 Å². The number of aromatic carboxylic acids is 1. The number of carboxylic acid groups (broad SMARTS) is 1. The van der Waals surface area contributed by atoms with E-state index in [9.17, 15) is 18.3 Å². The van der Waals surface area contributed by atoms with Crippen LogP contribution in [-0.4, -0.2) is 47.6 Å². The molecule has 0 atom stereocenters. The molecule has 1 aliphatic carbocycles. The number of nitrogens with zero attached hydrogens (tertiary/aromatic N) is 1. The predicted molar refractivity (Wildman–Crippen MR) is 74.6 cm³/mol. The molecule has 2 aliphatic rings. The van der Waals surface area contributed by atoms with Crippen molar-refractivity contribution in [2.75, 3.05) is 13.1 Å². The Morgan fingerprint density at radius 2 is 1.95 bits per heavy atom. The van der Waals surface area contributed by atoms with Gasteiger partial charge in [0.1, 0.15) is 0 Å². The average molecular weight is 311 g/mol. The second-order valence-corrected chi connectivity index (χ2v) is 7.84. The van der Waals surface area contributed by atoms with E-state index in [0.29, 0.717) is 5.56 Å². The predicted octanol–water partition coefficient (Wildman–Crippen LogP) is 0.839. The summed E-state index contributed by atoms with van der Waals surface area (Å²) in [6.07, 6.45) is 1.88. The highest BCUT2D eigenvalue weighted by atomic mass is 32.2. The molecule has 2 fully saturated rings. The number of β-amino-alcohol motifs (C(OH)–C–C–N with tert-alkyl or cyclic N) is 1. The molecule has 0 bridgehead atoms. The second-order valence-electron chi connectivity index (χ2n) is 5.94. The van der Waals surface area contributed by atoms with Crippen LogP contribution in [0.3, 0.4) is 0 Å². The van der Waals surface area contributed by atoms with Gasteiger partial charge in [0.15, 0.2) is 0 Å².